The number of likely N-dealkylation sites (N-methyl/N-ethyl adjacent to an activating group) is 1. The van der Waals surface area contributed by atoms with Crippen molar-refractivity contribution in [3.63, 3.8) is 0 Å². The molecule has 0 bridgehead atoms. The molecule has 0 spiro atoms. The van der Waals surface area contributed by atoms with E-state index in [4.69, 9.17) is 9.83 Å². The summed E-state index contributed by atoms with van der Waals surface area (Å²) in [5.74, 6) is -0.392. The molecule has 0 unspecified atom stereocenters. The van der Waals surface area contributed by atoms with Gasteiger partial charge in [-0.25, -0.2) is 0 Å². The lowest BCUT2D eigenvalue weighted by Gasteiger charge is -2.46. The summed E-state index contributed by atoms with van der Waals surface area (Å²) >= 11 is 0. The van der Waals surface area contributed by atoms with Crippen LogP contribution in [0.15, 0.2) is 28.2 Å². The van der Waals surface area contributed by atoms with Gasteiger partial charge in [-0.05, 0) is 31.7 Å². The first-order chi connectivity index (χ1) is 11.5. The number of hydrogen-bond acceptors (Lipinski definition) is 6. The summed E-state index contributed by atoms with van der Waals surface area (Å²) in [5, 5.41) is 37.7. The maximum Gasteiger partial charge on any atom is 0.192 e. The number of rotatable bonds is 1. The maximum absolute atomic E-state index is 9.82. The van der Waals surface area contributed by atoms with Gasteiger partial charge in [0, 0.05) is 19.0 Å². The van der Waals surface area contributed by atoms with Crippen LogP contribution in [0.4, 0.5) is 0 Å². The van der Waals surface area contributed by atoms with E-state index in [1.807, 2.05) is 25.3 Å². The van der Waals surface area contributed by atoms with Crippen LogP contribution in [0.1, 0.15) is 17.4 Å². The highest BCUT2D eigenvalue weighted by Crippen LogP contribution is 2.53. The molecule has 24 heavy (non-hydrogen) atoms. The van der Waals surface area contributed by atoms with Gasteiger partial charge in [0.25, 0.3) is 0 Å². The number of hydrogen-bond donors (Lipinski definition) is 1. The van der Waals surface area contributed by atoms with Gasteiger partial charge in [0.15, 0.2) is 5.41 Å². The molecule has 1 N–H and O–H groups in total. The second-order valence-corrected chi connectivity index (χ2v) is 6.47. The van der Waals surface area contributed by atoms with Gasteiger partial charge in [0.2, 0.25) is 0 Å². The molecule has 1 aliphatic carbocycles. The smallest absolute Gasteiger partial charge is 0.192 e. The van der Waals surface area contributed by atoms with Gasteiger partial charge in [0.05, 0.1) is 29.8 Å². The molecule has 1 aliphatic heterocycles. The first-order valence-electron chi connectivity index (χ1n) is 7.74. The van der Waals surface area contributed by atoms with Crippen LogP contribution < -0.4 is 0 Å². The van der Waals surface area contributed by atoms with Crippen molar-refractivity contribution < 1.29 is 4.42 Å². The Morgan fingerprint density at radius 1 is 1.29 bits per heavy atom. The standard InChI is InChI=1S/C18H17N5O/c1-11-3-4-15(24-11)16-14-8-23(2)6-5-12(14)13(7-19)17(22)18(16,9-20)10-21/h3-5,13-14,16,22H,6,8H2,1-2H3/t13-,14-,16+/m0/s1. The Kier molecular flexibility index (Phi) is 3.76. The number of nitriles is 3. The highest BCUT2D eigenvalue weighted by atomic mass is 16.3. The van der Waals surface area contributed by atoms with Crippen molar-refractivity contribution in [2.24, 2.45) is 17.3 Å². The summed E-state index contributed by atoms with van der Waals surface area (Å²) in [6, 6.07) is 9.78. The zero-order valence-electron chi connectivity index (χ0n) is 13.6. The zero-order chi connectivity index (χ0) is 17.5. The molecule has 0 saturated heterocycles. The second-order valence-electron chi connectivity index (χ2n) is 6.47. The molecule has 6 nitrogen and oxygen atoms in total. The van der Waals surface area contributed by atoms with Crippen LogP contribution in [-0.2, 0) is 0 Å². The molecule has 0 radical (unpaired) electrons. The number of nitrogens with zero attached hydrogens (tertiary/aromatic N) is 4. The molecule has 6 heteroatoms. The summed E-state index contributed by atoms with van der Waals surface area (Å²) in [5.41, 5.74) is -0.993. The Balaban J connectivity index is 2.26. The van der Waals surface area contributed by atoms with Gasteiger partial charge < -0.3 is 14.7 Å². The van der Waals surface area contributed by atoms with Gasteiger partial charge >= 0.3 is 0 Å². The quantitative estimate of drug-likeness (QED) is 0.799. The van der Waals surface area contributed by atoms with E-state index in [-0.39, 0.29) is 11.6 Å². The number of furan rings is 1. The van der Waals surface area contributed by atoms with Crippen molar-refractivity contribution in [2.45, 2.75) is 12.8 Å². The molecular weight excluding hydrogens is 302 g/mol. The zero-order valence-corrected chi connectivity index (χ0v) is 13.6. The van der Waals surface area contributed by atoms with Gasteiger partial charge in [-0.3, -0.25) is 0 Å². The van der Waals surface area contributed by atoms with Crippen molar-refractivity contribution in [2.75, 3.05) is 20.1 Å². The molecule has 1 fully saturated rings. The Labute approximate surface area is 140 Å². The van der Waals surface area contributed by atoms with Crippen molar-refractivity contribution in [1.82, 2.24) is 4.90 Å². The summed E-state index contributed by atoms with van der Waals surface area (Å²) in [6.45, 7) is 3.11. The molecule has 120 valence electrons. The fraction of sp³-hybridized carbons (Fsp3) is 0.444. The highest BCUT2D eigenvalue weighted by Gasteiger charge is 2.58. The van der Waals surface area contributed by atoms with E-state index < -0.39 is 17.3 Å². The van der Waals surface area contributed by atoms with E-state index in [1.54, 1.807) is 19.1 Å². The Bertz CT molecular complexity index is 830. The monoisotopic (exact) mass is 319 g/mol. The first kappa shape index (κ1) is 16.0. The van der Waals surface area contributed by atoms with E-state index >= 15 is 0 Å². The number of fused-ring (bicyclic) bond motifs is 1. The summed E-state index contributed by atoms with van der Waals surface area (Å²) in [7, 11) is 1.96. The van der Waals surface area contributed by atoms with E-state index in [2.05, 4.69) is 11.0 Å². The molecule has 1 aromatic rings. The molecule has 2 aliphatic rings. The van der Waals surface area contributed by atoms with Crippen LogP contribution >= 0.6 is 0 Å². The van der Waals surface area contributed by atoms with Crippen molar-refractivity contribution in [3.8, 4) is 18.2 Å². The van der Waals surface area contributed by atoms with Crippen LogP contribution in [0.25, 0.3) is 0 Å². The molecule has 1 saturated carbocycles. The van der Waals surface area contributed by atoms with E-state index in [0.717, 1.165) is 5.57 Å². The molecule has 1 aromatic heterocycles. The minimum atomic E-state index is -1.69. The summed E-state index contributed by atoms with van der Waals surface area (Å²) in [6.07, 6.45) is 1.96. The van der Waals surface area contributed by atoms with Crippen LogP contribution in [0.5, 0.6) is 0 Å². The van der Waals surface area contributed by atoms with Crippen molar-refractivity contribution >= 4 is 5.71 Å². The Morgan fingerprint density at radius 3 is 2.54 bits per heavy atom. The molecule has 0 aromatic carbocycles. The third-order valence-electron chi connectivity index (χ3n) is 5.04. The SMILES string of the molecule is Cc1ccc([C@H]2[C@H]3CN(C)CC=C3[C@H](C#N)C(=N)C2(C#N)C#N)o1. The van der Waals surface area contributed by atoms with Gasteiger partial charge in [-0.1, -0.05) is 6.08 Å². The van der Waals surface area contributed by atoms with Gasteiger partial charge in [0.1, 0.15) is 17.4 Å². The normalized spacial score (nSPS) is 28.9. The molecule has 0 amide bonds. The number of aryl methyl sites for hydroxylation is 1. The first-order valence-corrected chi connectivity index (χ1v) is 7.74. The number of nitrogens with one attached hydrogen (secondary N) is 1. The second kappa shape index (κ2) is 5.64. The fourth-order valence-electron chi connectivity index (χ4n) is 3.88. The van der Waals surface area contributed by atoms with Gasteiger partial charge in [-0.2, -0.15) is 15.8 Å². The predicted octanol–water partition coefficient (Wildman–Crippen LogP) is 2.37. The van der Waals surface area contributed by atoms with Crippen molar-refractivity contribution in [1.29, 1.82) is 21.2 Å². The Hall–Kier alpha value is -2.88. The molecule has 2 heterocycles. The summed E-state index contributed by atoms with van der Waals surface area (Å²) in [4.78, 5) is 2.08. The molecule has 3 atom stereocenters. The fourth-order valence-corrected chi connectivity index (χ4v) is 3.88. The Morgan fingerprint density at radius 2 is 2.00 bits per heavy atom. The van der Waals surface area contributed by atoms with Crippen molar-refractivity contribution in [3.05, 3.63) is 35.3 Å². The van der Waals surface area contributed by atoms with Crippen LogP contribution in [0.2, 0.25) is 0 Å². The van der Waals surface area contributed by atoms with E-state index in [1.165, 1.54) is 0 Å². The van der Waals surface area contributed by atoms with E-state index in [0.29, 0.717) is 24.6 Å². The maximum atomic E-state index is 9.82. The average Bonchev–Trinajstić information content (AvgIpc) is 3.00. The molecule has 3 rings (SSSR count). The lowest BCUT2D eigenvalue weighted by molar-refractivity contribution is 0.216. The highest BCUT2D eigenvalue weighted by molar-refractivity contribution is 6.00. The average molecular weight is 319 g/mol. The van der Waals surface area contributed by atoms with E-state index in [9.17, 15) is 15.8 Å². The van der Waals surface area contributed by atoms with Gasteiger partial charge in [-0.15, -0.1) is 0 Å². The third-order valence-corrected chi connectivity index (χ3v) is 5.04. The largest absolute Gasteiger partial charge is 0.466 e. The topological polar surface area (TPSA) is 112 Å². The lowest BCUT2D eigenvalue weighted by atomic mass is 9.55. The van der Waals surface area contributed by atoms with Crippen LogP contribution in [0, 0.1) is 63.6 Å². The lowest BCUT2D eigenvalue weighted by Crippen LogP contribution is -2.52. The minimum Gasteiger partial charge on any atom is -0.466 e. The van der Waals surface area contributed by atoms with Crippen LogP contribution in [0.3, 0.4) is 0 Å². The predicted molar refractivity (Wildman–Crippen MR) is 85.7 cm³/mol. The third kappa shape index (κ3) is 2.07. The molecular formula is C18H17N5O. The minimum absolute atomic E-state index is 0.138. The summed E-state index contributed by atoms with van der Waals surface area (Å²) < 4.78 is 5.76. The van der Waals surface area contributed by atoms with Crippen LogP contribution in [-0.4, -0.2) is 30.7 Å².